The number of carboxylic acid groups (broad SMARTS) is 1. The van der Waals surface area contributed by atoms with Crippen molar-refractivity contribution in [2.75, 3.05) is 6.54 Å². The summed E-state index contributed by atoms with van der Waals surface area (Å²) in [6.07, 6.45) is 0.756. The summed E-state index contributed by atoms with van der Waals surface area (Å²) in [5.74, 6) is -0.989. The fourth-order valence-corrected chi connectivity index (χ4v) is 4.63. The fourth-order valence-electron chi connectivity index (χ4n) is 4.63. The van der Waals surface area contributed by atoms with Gasteiger partial charge in [0.2, 0.25) is 0 Å². The molecule has 0 bridgehead atoms. The normalized spacial score (nSPS) is 15.9. The fraction of sp³-hybridized carbons (Fsp3) is 0.500. The molecule has 0 heterocycles. The van der Waals surface area contributed by atoms with Crippen molar-refractivity contribution >= 4 is 5.97 Å². The molecule has 0 saturated heterocycles. The van der Waals surface area contributed by atoms with E-state index in [-0.39, 0.29) is 17.6 Å². The second-order valence-electron chi connectivity index (χ2n) is 9.08. The predicted molar refractivity (Wildman–Crippen MR) is 123 cm³/mol. The second-order valence-corrected chi connectivity index (χ2v) is 9.08. The third-order valence-electron chi connectivity index (χ3n) is 6.68. The minimum atomic E-state index is -1.00. The third-order valence-corrected chi connectivity index (χ3v) is 6.68. The molecule has 164 valence electrons. The monoisotopic (exact) mass is 411 g/mol. The van der Waals surface area contributed by atoms with Crippen LogP contribution in [0.2, 0.25) is 0 Å². The van der Waals surface area contributed by atoms with Gasteiger partial charge in [-0.15, -0.1) is 0 Å². The zero-order valence-corrected chi connectivity index (χ0v) is 19.2. The van der Waals surface area contributed by atoms with Crippen LogP contribution in [0.25, 0.3) is 0 Å². The Morgan fingerprint density at radius 2 is 1.43 bits per heavy atom. The number of hydrogen-bond donors (Lipinski definition) is 2. The molecule has 0 aromatic heterocycles. The van der Waals surface area contributed by atoms with E-state index >= 15 is 0 Å². The van der Waals surface area contributed by atoms with Gasteiger partial charge in [-0.25, -0.2) is 0 Å². The predicted octanol–water partition coefficient (Wildman–Crippen LogP) is 5.88. The van der Waals surface area contributed by atoms with Crippen LogP contribution in [-0.2, 0) is 4.79 Å². The van der Waals surface area contributed by atoms with Gasteiger partial charge in [-0.1, -0.05) is 49.4 Å². The molecule has 0 saturated carbocycles. The first kappa shape index (κ1) is 23.9. The molecule has 0 aliphatic rings. The van der Waals surface area contributed by atoms with Crippen molar-refractivity contribution in [2.45, 2.75) is 71.9 Å². The van der Waals surface area contributed by atoms with Gasteiger partial charge in [0.15, 0.2) is 0 Å². The summed E-state index contributed by atoms with van der Waals surface area (Å²) in [5, 5.41) is 20.1. The van der Waals surface area contributed by atoms with Crippen molar-refractivity contribution in [2.24, 2.45) is 5.41 Å². The van der Waals surface area contributed by atoms with Gasteiger partial charge in [0, 0.05) is 18.0 Å². The number of rotatable bonds is 10. The molecule has 4 nitrogen and oxygen atoms in total. The van der Waals surface area contributed by atoms with E-state index in [0.717, 1.165) is 24.1 Å². The number of carboxylic acids is 1. The number of phenols is 1. The highest BCUT2D eigenvalue weighted by molar-refractivity contribution is 5.77. The number of benzene rings is 2. The first-order chi connectivity index (χ1) is 14.1. The molecule has 0 fully saturated rings. The van der Waals surface area contributed by atoms with Crippen molar-refractivity contribution in [3.05, 3.63) is 65.7 Å². The molecule has 2 aromatic rings. The molecule has 0 amide bonds. The maximum absolute atomic E-state index is 12.8. The molecular formula is C26H37NO3. The molecule has 2 aromatic carbocycles. The van der Waals surface area contributed by atoms with E-state index < -0.39 is 11.4 Å². The van der Waals surface area contributed by atoms with Gasteiger partial charge in [-0.3, -0.25) is 9.69 Å². The summed E-state index contributed by atoms with van der Waals surface area (Å²) in [4.78, 5) is 15.2. The van der Waals surface area contributed by atoms with Gasteiger partial charge in [0.25, 0.3) is 0 Å². The van der Waals surface area contributed by atoms with E-state index in [2.05, 4.69) is 32.6 Å². The Balaban J connectivity index is 2.49. The number of aliphatic carboxylic acids is 1. The van der Waals surface area contributed by atoms with Crippen LogP contribution in [-0.4, -0.2) is 39.7 Å². The van der Waals surface area contributed by atoms with Crippen LogP contribution in [0, 0.1) is 5.41 Å². The van der Waals surface area contributed by atoms with Crippen LogP contribution in [0.15, 0.2) is 54.6 Å². The summed E-state index contributed by atoms with van der Waals surface area (Å²) in [6, 6.07) is 17.7. The number of hydrogen-bond acceptors (Lipinski definition) is 3. The van der Waals surface area contributed by atoms with Crippen molar-refractivity contribution in [1.29, 1.82) is 0 Å². The van der Waals surface area contributed by atoms with Crippen molar-refractivity contribution < 1.29 is 15.0 Å². The SMILES string of the molecule is CC(C)N(CCC(c1ccccc1)[C@](C)(C(=O)O)C(C)c1ccc(O)cc1)C(C)C. The van der Waals surface area contributed by atoms with Gasteiger partial charge < -0.3 is 10.2 Å². The lowest BCUT2D eigenvalue weighted by atomic mass is 9.63. The summed E-state index contributed by atoms with van der Waals surface area (Å²) in [5.41, 5.74) is 0.974. The first-order valence-corrected chi connectivity index (χ1v) is 10.9. The molecule has 30 heavy (non-hydrogen) atoms. The first-order valence-electron chi connectivity index (χ1n) is 10.9. The Bertz CT molecular complexity index is 793. The summed E-state index contributed by atoms with van der Waals surface area (Å²) in [7, 11) is 0. The highest BCUT2D eigenvalue weighted by Gasteiger charge is 2.47. The average Bonchev–Trinajstić information content (AvgIpc) is 2.70. The lowest BCUT2D eigenvalue weighted by Crippen LogP contribution is -2.43. The topological polar surface area (TPSA) is 60.8 Å². The third kappa shape index (κ3) is 5.23. The Morgan fingerprint density at radius 3 is 1.90 bits per heavy atom. The molecule has 2 N–H and O–H groups in total. The van der Waals surface area contributed by atoms with Gasteiger partial charge in [-0.05, 0) is 76.8 Å². The van der Waals surface area contributed by atoms with Gasteiger partial charge >= 0.3 is 5.97 Å². The maximum atomic E-state index is 12.8. The maximum Gasteiger partial charge on any atom is 0.310 e. The quantitative estimate of drug-likeness (QED) is 0.512. The summed E-state index contributed by atoms with van der Waals surface area (Å²) >= 11 is 0. The average molecular weight is 412 g/mol. The van der Waals surface area contributed by atoms with E-state index in [0.29, 0.717) is 12.1 Å². The Hall–Kier alpha value is -2.33. The molecule has 2 rings (SSSR count). The highest BCUT2D eigenvalue weighted by Crippen LogP contribution is 2.49. The molecule has 0 spiro atoms. The minimum absolute atomic E-state index is 0.153. The van der Waals surface area contributed by atoms with Crippen LogP contribution in [0.5, 0.6) is 5.75 Å². The molecule has 0 radical (unpaired) electrons. The lowest BCUT2D eigenvalue weighted by molar-refractivity contribution is -0.151. The van der Waals surface area contributed by atoms with Crippen LogP contribution in [0.4, 0.5) is 0 Å². The van der Waals surface area contributed by atoms with Crippen molar-refractivity contribution in [1.82, 2.24) is 4.90 Å². The van der Waals surface area contributed by atoms with Gasteiger partial charge in [-0.2, -0.15) is 0 Å². The number of nitrogens with zero attached hydrogens (tertiary/aromatic N) is 1. The van der Waals surface area contributed by atoms with E-state index in [1.165, 1.54) is 0 Å². The van der Waals surface area contributed by atoms with Crippen LogP contribution in [0.3, 0.4) is 0 Å². The summed E-state index contributed by atoms with van der Waals surface area (Å²) < 4.78 is 0. The zero-order chi connectivity index (χ0) is 22.5. The van der Waals surface area contributed by atoms with E-state index in [1.54, 1.807) is 12.1 Å². The second kappa shape index (κ2) is 10.1. The molecule has 2 unspecified atom stereocenters. The summed E-state index contributed by atoms with van der Waals surface area (Å²) in [6.45, 7) is 13.4. The van der Waals surface area contributed by atoms with Gasteiger partial charge in [0.05, 0.1) is 5.41 Å². The lowest BCUT2D eigenvalue weighted by Gasteiger charge is -2.41. The van der Waals surface area contributed by atoms with Crippen LogP contribution >= 0.6 is 0 Å². The zero-order valence-electron chi connectivity index (χ0n) is 19.2. The van der Waals surface area contributed by atoms with E-state index in [1.807, 2.05) is 56.3 Å². The van der Waals surface area contributed by atoms with Crippen molar-refractivity contribution in [3.63, 3.8) is 0 Å². The van der Waals surface area contributed by atoms with Crippen LogP contribution in [0.1, 0.15) is 70.9 Å². The Morgan fingerprint density at radius 1 is 0.900 bits per heavy atom. The minimum Gasteiger partial charge on any atom is -0.508 e. The molecule has 0 aliphatic carbocycles. The van der Waals surface area contributed by atoms with E-state index in [9.17, 15) is 15.0 Å². The van der Waals surface area contributed by atoms with Crippen LogP contribution < -0.4 is 0 Å². The molecule has 4 heteroatoms. The smallest absolute Gasteiger partial charge is 0.310 e. The van der Waals surface area contributed by atoms with E-state index in [4.69, 9.17) is 0 Å². The number of phenolic OH excluding ortho intramolecular Hbond substituents is 1. The molecular weight excluding hydrogens is 374 g/mol. The number of carbonyl (C=O) groups is 1. The largest absolute Gasteiger partial charge is 0.508 e. The molecule has 0 aliphatic heterocycles. The Labute approximate surface area is 181 Å². The molecule has 3 atom stereocenters. The van der Waals surface area contributed by atoms with Crippen molar-refractivity contribution in [3.8, 4) is 5.75 Å². The number of aromatic hydroxyl groups is 1. The Kier molecular flexibility index (Phi) is 8.08. The highest BCUT2D eigenvalue weighted by atomic mass is 16.4. The standard InChI is InChI=1S/C26H37NO3/c1-18(2)27(19(3)4)17-16-24(22-10-8-7-9-11-22)26(6,25(29)30)20(5)21-12-14-23(28)15-13-21/h7-15,18-20,24,28H,16-17H2,1-6H3,(H,29,30)/t20?,24?,26-/m1/s1. The van der Waals surface area contributed by atoms with Gasteiger partial charge in [0.1, 0.15) is 5.75 Å².